The molecule has 0 radical (unpaired) electrons. The van der Waals surface area contributed by atoms with Crippen molar-refractivity contribution in [2.24, 2.45) is 5.92 Å². The average molecular weight is 794 g/mol. The lowest BCUT2D eigenvalue weighted by atomic mass is 10.0. The number of H-pyrrole nitrogens is 1. The van der Waals surface area contributed by atoms with Crippen molar-refractivity contribution in [3.05, 3.63) is 78.5 Å². The number of benzene rings is 1. The molecule has 2 fully saturated rings. The first-order valence-corrected chi connectivity index (χ1v) is 19.8. The minimum atomic E-state index is -0.699. The van der Waals surface area contributed by atoms with Crippen molar-refractivity contribution in [3.8, 4) is 22.5 Å². The lowest BCUT2D eigenvalue weighted by Gasteiger charge is -2.44. The molecular formula is C43H55N9O6. The van der Waals surface area contributed by atoms with Crippen LogP contribution in [0, 0.1) is 5.92 Å². The third kappa shape index (κ3) is 9.24. The van der Waals surface area contributed by atoms with Crippen LogP contribution in [0.5, 0.6) is 0 Å². The molecule has 308 valence electrons. The van der Waals surface area contributed by atoms with E-state index in [4.69, 9.17) is 9.47 Å². The Morgan fingerprint density at radius 1 is 0.879 bits per heavy atom. The third-order valence-electron chi connectivity index (χ3n) is 10.7. The van der Waals surface area contributed by atoms with Gasteiger partial charge in [0.2, 0.25) is 5.91 Å². The second-order valence-corrected chi connectivity index (χ2v) is 16.5. The van der Waals surface area contributed by atoms with Gasteiger partial charge in [-0.05, 0) is 83.2 Å². The zero-order valence-corrected chi connectivity index (χ0v) is 34.9. The molecule has 3 aromatic heterocycles. The quantitative estimate of drug-likeness (QED) is 0.187. The summed E-state index contributed by atoms with van der Waals surface area (Å²) < 4.78 is 10.4. The number of ether oxygens (including phenoxy) is 2. The zero-order chi connectivity index (χ0) is 41.9. The van der Waals surface area contributed by atoms with Gasteiger partial charge in [-0.3, -0.25) is 14.6 Å². The van der Waals surface area contributed by atoms with Crippen LogP contribution in [0.25, 0.3) is 22.5 Å². The van der Waals surface area contributed by atoms with Crippen molar-refractivity contribution < 1.29 is 28.7 Å². The number of piperazine rings is 1. The second kappa shape index (κ2) is 17.2. The molecule has 0 spiro atoms. The summed E-state index contributed by atoms with van der Waals surface area (Å²) in [7, 11) is 2.99. The number of likely N-dealkylation sites (tertiary alicyclic amines) is 1. The largest absolute Gasteiger partial charge is 0.453 e. The fourth-order valence-corrected chi connectivity index (χ4v) is 7.44. The lowest BCUT2D eigenvalue weighted by Crippen LogP contribution is -2.59. The number of hydrogen-bond acceptors (Lipinski definition) is 10. The fraction of sp³-hybridized carbons (Fsp3) is 0.465. The van der Waals surface area contributed by atoms with E-state index in [-0.39, 0.29) is 42.0 Å². The number of nitrogens with one attached hydrogen (secondary N) is 2. The minimum Gasteiger partial charge on any atom is -0.453 e. The first kappa shape index (κ1) is 41.6. The molecule has 58 heavy (non-hydrogen) atoms. The van der Waals surface area contributed by atoms with Crippen LogP contribution in [-0.4, -0.2) is 111 Å². The van der Waals surface area contributed by atoms with Gasteiger partial charge in [0.15, 0.2) is 0 Å². The predicted molar refractivity (Wildman–Crippen MR) is 221 cm³/mol. The number of aromatic amines is 1. The van der Waals surface area contributed by atoms with Gasteiger partial charge in [-0.15, -0.1) is 0 Å². The van der Waals surface area contributed by atoms with Gasteiger partial charge in [-0.2, -0.15) is 0 Å². The van der Waals surface area contributed by atoms with Gasteiger partial charge in [-0.1, -0.05) is 38.1 Å². The van der Waals surface area contributed by atoms with Crippen LogP contribution in [0.4, 0.5) is 21.1 Å². The zero-order valence-electron chi connectivity index (χ0n) is 34.9. The fourth-order valence-electron chi connectivity index (χ4n) is 7.44. The van der Waals surface area contributed by atoms with Gasteiger partial charge in [-0.25, -0.2) is 19.6 Å². The van der Waals surface area contributed by atoms with Crippen molar-refractivity contribution in [1.29, 1.82) is 0 Å². The van der Waals surface area contributed by atoms with Crippen molar-refractivity contribution in [2.45, 2.75) is 91.1 Å². The van der Waals surface area contributed by atoms with E-state index < -0.39 is 17.7 Å². The molecule has 2 saturated heterocycles. The summed E-state index contributed by atoms with van der Waals surface area (Å²) in [6.45, 7) is 15.1. The summed E-state index contributed by atoms with van der Waals surface area (Å²) in [5.41, 5.74) is 3.94. The molecule has 4 atom stereocenters. The number of methoxy groups -OCH3 is 1. The van der Waals surface area contributed by atoms with Gasteiger partial charge in [0, 0.05) is 50.5 Å². The van der Waals surface area contributed by atoms with Gasteiger partial charge in [0.1, 0.15) is 23.3 Å². The van der Waals surface area contributed by atoms with Crippen molar-refractivity contribution >= 4 is 35.5 Å². The normalized spacial score (nSPS) is 18.9. The van der Waals surface area contributed by atoms with Gasteiger partial charge in [0.05, 0.1) is 48.2 Å². The summed E-state index contributed by atoms with van der Waals surface area (Å²) >= 11 is 0. The highest BCUT2D eigenvalue weighted by molar-refractivity contribution is 6.05. The van der Waals surface area contributed by atoms with Crippen LogP contribution < -0.4 is 15.1 Å². The molecule has 15 nitrogen and oxygen atoms in total. The second-order valence-electron chi connectivity index (χ2n) is 16.5. The molecule has 2 aliphatic heterocycles. The summed E-state index contributed by atoms with van der Waals surface area (Å²) in [5, 5.41) is 2.69. The number of anilines is 2. The van der Waals surface area contributed by atoms with E-state index in [1.165, 1.54) is 7.11 Å². The number of nitrogens with zero attached hydrogens (tertiary/aromatic N) is 7. The molecule has 0 saturated carbocycles. The highest BCUT2D eigenvalue weighted by atomic mass is 16.6. The smallest absolute Gasteiger partial charge is 0.410 e. The SMILES string of the molecule is COC(=O)NC(C(=O)N1CCCC1c1ncc(-c2ccc(-c3ccc(N(C)C(=O)c4ccc(N5C[C@H](C)N(C(=O)OC(C)(C)C)C[C@H]5C)nc4)cn3)cc2)[nH]1)C(C)C. The van der Waals surface area contributed by atoms with Crippen LogP contribution >= 0.6 is 0 Å². The summed E-state index contributed by atoms with van der Waals surface area (Å²) in [4.78, 5) is 76.4. The van der Waals surface area contributed by atoms with E-state index in [2.05, 4.69) is 30.2 Å². The molecule has 1 aromatic carbocycles. The molecule has 5 heterocycles. The Kier molecular flexibility index (Phi) is 12.4. The van der Waals surface area contributed by atoms with Crippen LogP contribution in [-0.2, 0) is 14.3 Å². The highest BCUT2D eigenvalue weighted by Crippen LogP contribution is 2.33. The van der Waals surface area contributed by atoms with E-state index in [0.717, 1.165) is 41.2 Å². The minimum absolute atomic E-state index is 0.00838. The van der Waals surface area contributed by atoms with Crippen LogP contribution in [0.1, 0.15) is 83.5 Å². The third-order valence-corrected chi connectivity index (χ3v) is 10.7. The van der Waals surface area contributed by atoms with Crippen molar-refractivity contribution in [1.82, 2.24) is 35.1 Å². The first-order chi connectivity index (χ1) is 27.5. The van der Waals surface area contributed by atoms with Crippen LogP contribution in [0.2, 0.25) is 0 Å². The molecule has 2 aliphatic rings. The number of carbonyl (C=O) groups is 4. The van der Waals surface area contributed by atoms with Crippen LogP contribution in [0.15, 0.2) is 67.1 Å². The Bertz CT molecular complexity index is 2080. The number of rotatable bonds is 9. The number of aromatic nitrogens is 4. The molecule has 4 amide bonds. The van der Waals surface area contributed by atoms with Gasteiger partial charge < -0.3 is 39.4 Å². The standard InChI is InChI=1S/C43H55N9O6/c1-26(2)37(48-41(55)57-9)40(54)50-20-10-11-35(50)38-46-23-34(47-38)30-14-12-29(13-15-30)33-18-17-32(22-44-33)49(8)39(53)31-16-19-36(45-21-31)51-24-28(4)52(25-27(51)3)42(56)58-43(5,6)7/h12-19,21-23,26-28,35,37H,10-11,20,24-25H2,1-9H3,(H,46,47)(H,48,55)/t27-,28+,35?,37?/m1/s1. The Labute approximate surface area is 340 Å². The Morgan fingerprint density at radius 3 is 2.22 bits per heavy atom. The molecule has 0 aliphatic carbocycles. The number of imidazole rings is 1. The summed E-state index contributed by atoms with van der Waals surface area (Å²) in [5.74, 6) is 0.963. The average Bonchev–Trinajstić information content (AvgIpc) is 3.90. The number of hydrogen-bond donors (Lipinski definition) is 2. The van der Waals surface area contributed by atoms with E-state index in [0.29, 0.717) is 36.7 Å². The number of amides is 4. The van der Waals surface area contributed by atoms with E-state index in [1.807, 2.05) is 90.9 Å². The maximum atomic E-state index is 13.5. The van der Waals surface area contributed by atoms with Crippen molar-refractivity contribution in [2.75, 3.05) is 43.6 Å². The molecule has 2 N–H and O–H groups in total. The van der Waals surface area contributed by atoms with E-state index in [1.54, 1.807) is 46.4 Å². The van der Waals surface area contributed by atoms with E-state index in [9.17, 15) is 19.2 Å². The van der Waals surface area contributed by atoms with E-state index >= 15 is 0 Å². The molecular weight excluding hydrogens is 739 g/mol. The van der Waals surface area contributed by atoms with Crippen LogP contribution in [0.3, 0.4) is 0 Å². The summed E-state index contributed by atoms with van der Waals surface area (Å²) in [6.07, 6.45) is 5.69. The Hall–Kier alpha value is -5.99. The van der Waals surface area contributed by atoms with Gasteiger partial charge >= 0.3 is 12.2 Å². The Balaban J connectivity index is 1.06. The summed E-state index contributed by atoms with van der Waals surface area (Å²) in [6, 6.07) is 14.3. The highest BCUT2D eigenvalue weighted by Gasteiger charge is 2.38. The Morgan fingerprint density at radius 2 is 1.60 bits per heavy atom. The molecule has 15 heteroatoms. The molecule has 2 unspecified atom stereocenters. The maximum Gasteiger partial charge on any atom is 0.410 e. The predicted octanol–water partition coefficient (Wildman–Crippen LogP) is 6.69. The topological polar surface area (TPSA) is 166 Å². The molecule has 0 bridgehead atoms. The number of carbonyl (C=O) groups excluding carboxylic acids is 4. The molecule has 6 rings (SSSR count). The first-order valence-electron chi connectivity index (χ1n) is 19.8. The monoisotopic (exact) mass is 793 g/mol. The lowest BCUT2D eigenvalue weighted by molar-refractivity contribution is -0.135. The maximum absolute atomic E-state index is 13.5. The number of pyridine rings is 2. The number of alkyl carbamates (subject to hydrolysis) is 1. The van der Waals surface area contributed by atoms with Crippen molar-refractivity contribution in [3.63, 3.8) is 0 Å². The molecule has 4 aromatic rings. The van der Waals surface area contributed by atoms with Gasteiger partial charge in [0.25, 0.3) is 5.91 Å².